The normalized spacial score (nSPS) is 12.8. The molecule has 2 unspecified atom stereocenters. The first-order chi connectivity index (χ1) is 16.8. The minimum atomic E-state index is -1.32. The predicted octanol–water partition coefficient (Wildman–Crippen LogP) is 3.06. The summed E-state index contributed by atoms with van der Waals surface area (Å²) in [5, 5.41) is 15.3. The molecule has 36 heavy (non-hydrogen) atoms. The zero-order chi connectivity index (χ0) is 27.5. The van der Waals surface area contributed by atoms with Gasteiger partial charge in [0.1, 0.15) is 23.4 Å². The standard InChI is InChI=1S/C26H42N4O6/c1-7-9-13-28-23(33)22(18-11-12-20(31)17(3)15-18)30(14-10-8-2)24(34)19(16-21(27)32)29-25(35)36-26(4,5)6/h11-12,15,19,22,31H,7-10,13-14,16H2,1-6H3,(H2,27,32)(H,28,33)(H,29,35). The Labute approximate surface area is 213 Å². The number of primary amides is 1. The molecule has 202 valence electrons. The monoisotopic (exact) mass is 506 g/mol. The first-order valence-corrected chi connectivity index (χ1v) is 12.5. The molecule has 0 heterocycles. The van der Waals surface area contributed by atoms with E-state index in [0.717, 1.165) is 19.3 Å². The number of alkyl carbamates (subject to hydrolysis) is 1. The average molecular weight is 507 g/mol. The topological polar surface area (TPSA) is 151 Å². The van der Waals surface area contributed by atoms with Crippen LogP contribution >= 0.6 is 0 Å². The van der Waals surface area contributed by atoms with Crippen LogP contribution in [0.4, 0.5) is 4.79 Å². The van der Waals surface area contributed by atoms with Crippen LogP contribution in [0.5, 0.6) is 5.75 Å². The van der Waals surface area contributed by atoms with Crippen LogP contribution in [0.15, 0.2) is 18.2 Å². The molecule has 0 saturated carbocycles. The third-order valence-electron chi connectivity index (χ3n) is 5.36. The third kappa shape index (κ3) is 10.1. The number of unbranched alkanes of at least 4 members (excludes halogenated alkanes) is 2. The molecule has 5 N–H and O–H groups in total. The lowest BCUT2D eigenvalue weighted by molar-refractivity contribution is -0.143. The molecule has 0 aliphatic rings. The van der Waals surface area contributed by atoms with Crippen molar-refractivity contribution in [1.82, 2.24) is 15.5 Å². The second-order valence-electron chi connectivity index (χ2n) is 9.85. The zero-order valence-corrected chi connectivity index (χ0v) is 22.3. The van der Waals surface area contributed by atoms with Gasteiger partial charge >= 0.3 is 6.09 Å². The maximum atomic E-state index is 13.8. The molecule has 4 amide bonds. The molecule has 0 bridgehead atoms. The number of amides is 4. The summed E-state index contributed by atoms with van der Waals surface area (Å²) >= 11 is 0. The number of aromatic hydroxyl groups is 1. The summed E-state index contributed by atoms with van der Waals surface area (Å²) in [5.41, 5.74) is 5.61. The van der Waals surface area contributed by atoms with E-state index < -0.39 is 47.9 Å². The molecule has 1 aromatic rings. The Morgan fingerprint density at radius 1 is 1.11 bits per heavy atom. The molecule has 0 aliphatic heterocycles. The highest BCUT2D eigenvalue weighted by atomic mass is 16.6. The maximum absolute atomic E-state index is 13.8. The highest BCUT2D eigenvalue weighted by Gasteiger charge is 2.36. The molecule has 10 nitrogen and oxygen atoms in total. The number of rotatable bonds is 13. The molecule has 0 saturated heterocycles. The number of nitrogens with two attached hydrogens (primary N) is 1. The Morgan fingerprint density at radius 3 is 2.28 bits per heavy atom. The van der Waals surface area contributed by atoms with Gasteiger partial charge in [-0.15, -0.1) is 0 Å². The number of carbonyl (C=O) groups is 4. The summed E-state index contributed by atoms with van der Waals surface area (Å²) < 4.78 is 5.27. The van der Waals surface area contributed by atoms with Crippen molar-refractivity contribution in [1.29, 1.82) is 0 Å². The first-order valence-electron chi connectivity index (χ1n) is 12.5. The minimum absolute atomic E-state index is 0.0634. The number of benzene rings is 1. The van der Waals surface area contributed by atoms with Crippen LogP contribution in [0.25, 0.3) is 0 Å². The Balaban J connectivity index is 3.48. The smallest absolute Gasteiger partial charge is 0.408 e. The number of carbonyl (C=O) groups excluding carboxylic acids is 4. The van der Waals surface area contributed by atoms with Crippen LogP contribution in [-0.2, 0) is 19.1 Å². The molecule has 2 atom stereocenters. The lowest BCUT2D eigenvalue weighted by Gasteiger charge is -2.34. The van der Waals surface area contributed by atoms with Crippen molar-refractivity contribution in [3.8, 4) is 5.75 Å². The van der Waals surface area contributed by atoms with E-state index in [9.17, 15) is 24.3 Å². The van der Waals surface area contributed by atoms with Gasteiger partial charge in [-0.05, 0) is 63.8 Å². The molecule has 0 fully saturated rings. The number of hydrogen-bond acceptors (Lipinski definition) is 6. The fourth-order valence-electron chi connectivity index (χ4n) is 3.55. The minimum Gasteiger partial charge on any atom is -0.508 e. The fraction of sp³-hybridized carbons (Fsp3) is 0.615. The molecule has 0 aliphatic carbocycles. The van der Waals surface area contributed by atoms with Crippen molar-refractivity contribution in [3.63, 3.8) is 0 Å². The van der Waals surface area contributed by atoms with Crippen LogP contribution in [0.3, 0.4) is 0 Å². The summed E-state index contributed by atoms with van der Waals surface area (Å²) in [4.78, 5) is 52.8. The van der Waals surface area contributed by atoms with E-state index in [-0.39, 0.29) is 12.3 Å². The number of aryl methyl sites for hydroxylation is 1. The fourth-order valence-corrected chi connectivity index (χ4v) is 3.55. The van der Waals surface area contributed by atoms with Gasteiger partial charge in [-0.2, -0.15) is 0 Å². The molecular weight excluding hydrogens is 464 g/mol. The van der Waals surface area contributed by atoms with Crippen molar-refractivity contribution in [2.45, 2.75) is 91.3 Å². The molecule has 1 aromatic carbocycles. The zero-order valence-electron chi connectivity index (χ0n) is 22.3. The second kappa shape index (κ2) is 14.3. The van der Waals surface area contributed by atoms with E-state index in [1.807, 2.05) is 13.8 Å². The van der Waals surface area contributed by atoms with E-state index in [1.54, 1.807) is 39.8 Å². The summed E-state index contributed by atoms with van der Waals surface area (Å²) in [7, 11) is 0. The van der Waals surface area contributed by atoms with Crippen LogP contribution in [0.1, 0.15) is 83.9 Å². The van der Waals surface area contributed by atoms with Crippen molar-refractivity contribution in [3.05, 3.63) is 29.3 Å². The van der Waals surface area contributed by atoms with Crippen molar-refractivity contribution in [2.75, 3.05) is 13.1 Å². The number of ether oxygens (including phenoxy) is 1. The van der Waals surface area contributed by atoms with E-state index >= 15 is 0 Å². The SMILES string of the molecule is CCCCNC(=O)C(c1ccc(O)c(C)c1)N(CCCC)C(=O)C(CC(N)=O)NC(=O)OC(C)(C)C. The molecule has 0 spiro atoms. The third-order valence-corrected chi connectivity index (χ3v) is 5.36. The van der Waals surface area contributed by atoms with Gasteiger partial charge in [0.2, 0.25) is 17.7 Å². The number of hydrogen-bond donors (Lipinski definition) is 4. The molecular formula is C26H42N4O6. The second-order valence-corrected chi connectivity index (χ2v) is 9.85. The van der Waals surface area contributed by atoms with Gasteiger partial charge in [0.25, 0.3) is 0 Å². The summed E-state index contributed by atoms with van der Waals surface area (Å²) in [6, 6.07) is 2.34. The Kier molecular flexibility index (Phi) is 12.2. The number of nitrogens with one attached hydrogen (secondary N) is 2. The number of phenols is 1. The van der Waals surface area contributed by atoms with E-state index in [0.29, 0.717) is 24.1 Å². The predicted molar refractivity (Wildman–Crippen MR) is 137 cm³/mol. The summed E-state index contributed by atoms with van der Waals surface area (Å²) in [6.45, 7) is 11.3. The Hall–Kier alpha value is -3.30. The average Bonchev–Trinajstić information content (AvgIpc) is 2.76. The largest absolute Gasteiger partial charge is 0.508 e. The van der Waals surface area contributed by atoms with Crippen LogP contribution in [-0.4, -0.2) is 58.6 Å². The van der Waals surface area contributed by atoms with Crippen molar-refractivity contribution >= 4 is 23.8 Å². The summed E-state index contributed by atoms with van der Waals surface area (Å²) in [6.07, 6.45) is 1.63. The Bertz CT molecular complexity index is 912. The maximum Gasteiger partial charge on any atom is 0.408 e. The van der Waals surface area contributed by atoms with Gasteiger partial charge in [0.15, 0.2) is 0 Å². The molecule has 0 aromatic heterocycles. The van der Waals surface area contributed by atoms with E-state index in [1.165, 1.54) is 11.0 Å². The summed E-state index contributed by atoms with van der Waals surface area (Å²) in [5.74, 6) is -1.75. The van der Waals surface area contributed by atoms with E-state index in [2.05, 4.69) is 10.6 Å². The van der Waals surface area contributed by atoms with Crippen molar-refractivity contribution < 1.29 is 29.0 Å². The van der Waals surface area contributed by atoms with Crippen LogP contribution in [0, 0.1) is 6.92 Å². The van der Waals surface area contributed by atoms with Gasteiger partial charge in [0, 0.05) is 13.1 Å². The number of phenolic OH excluding ortho intramolecular Hbond substituents is 1. The lowest BCUT2D eigenvalue weighted by Crippen LogP contribution is -2.54. The quantitative estimate of drug-likeness (QED) is 0.302. The molecule has 10 heteroatoms. The van der Waals surface area contributed by atoms with E-state index in [4.69, 9.17) is 10.5 Å². The van der Waals surface area contributed by atoms with Gasteiger partial charge in [-0.25, -0.2) is 4.79 Å². The molecule has 0 radical (unpaired) electrons. The molecule has 1 rings (SSSR count). The Morgan fingerprint density at radius 2 is 1.75 bits per heavy atom. The number of nitrogens with zero attached hydrogens (tertiary/aromatic N) is 1. The lowest BCUT2D eigenvalue weighted by atomic mass is 9.99. The van der Waals surface area contributed by atoms with Gasteiger partial charge < -0.3 is 31.1 Å². The highest BCUT2D eigenvalue weighted by Crippen LogP contribution is 2.27. The van der Waals surface area contributed by atoms with Crippen LogP contribution < -0.4 is 16.4 Å². The first kappa shape index (κ1) is 30.7. The van der Waals surface area contributed by atoms with Gasteiger partial charge in [-0.1, -0.05) is 32.8 Å². The van der Waals surface area contributed by atoms with Crippen LogP contribution in [0.2, 0.25) is 0 Å². The van der Waals surface area contributed by atoms with Crippen molar-refractivity contribution in [2.24, 2.45) is 5.73 Å². The highest BCUT2D eigenvalue weighted by molar-refractivity contribution is 5.94. The van der Waals surface area contributed by atoms with Gasteiger partial charge in [-0.3, -0.25) is 14.4 Å². The van der Waals surface area contributed by atoms with Gasteiger partial charge in [0.05, 0.1) is 6.42 Å².